The second-order valence-corrected chi connectivity index (χ2v) is 9.48. The van der Waals surface area contributed by atoms with E-state index in [0.29, 0.717) is 11.4 Å². The molecule has 0 unspecified atom stereocenters. The second-order valence-electron chi connectivity index (χ2n) is 7.77. The summed E-state index contributed by atoms with van der Waals surface area (Å²) >= 11 is 0. The van der Waals surface area contributed by atoms with Gasteiger partial charge in [-0.15, -0.1) is 0 Å². The van der Waals surface area contributed by atoms with Crippen LogP contribution in [0.5, 0.6) is 0 Å². The number of guanidine groups is 1. The van der Waals surface area contributed by atoms with Gasteiger partial charge >= 0.3 is 0 Å². The molecule has 0 atom stereocenters. The van der Waals surface area contributed by atoms with Crippen molar-refractivity contribution in [3.05, 3.63) is 29.8 Å². The zero-order chi connectivity index (χ0) is 21.3. The van der Waals surface area contributed by atoms with Gasteiger partial charge in [0.2, 0.25) is 10.0 Å². The molecule has 0 spiro atoms. The summed E-state index contributed by atoms with van der Waals surface area (Å²) < 4.78 is 27.2. The topological polar surface area (TPSA) is 103 Å². The summed E-state index contributed by atoms with van der Waals surface area (Å²) in [6.07, 6.45) is 4.57. The van der Waals surface area contributed by atoms with Gasteiger partial charge in [-0.1, -0.05) is 26.0 Å². The molecule has 2 rings (SSSR count). The number of nitrogens with one attached hydrogen (secondary N) is 3. The molecule has 7 nitrogen and oxygen atoms in total. The summed E-state index contributed by atoms with van der Waals surface area (Å²) in [6.45, 7) is 8.46. The number of nitrogens with zero attached hydrogens (tertiary/aromatic N) is 1. The first-order chi connectivity index (χ1) is 13.9. The van der Waals surface area contributed by atoms with Crippen molar-refractivity contribution in [3.63, 3.8) is 0 Å². The van der Waals surface area contributed by atoms with E-state index in [9.17, 15) is 13.5 Å². The molecule has 0 bridgehead atoms. The second kappa shape index (κ2) is 10.9. The first kappa shape index (κ1) is 23.6. The molecular weight excluding hydrogens is 388 g/mol. The molecule has 1 saturated carbocycles. The maximum Gasteiger partial charge on any atom is 0.240 e. The van der Waals surface area contributed by atoms with E-state index in [1.807, 2.05) is 19.1 Å². The Kier molecular flexibility index (Phi) is 8.92. The molecule has 1 aromatic rings. The molecule has 1 aliphatic rings. The van der Waals surface area contributed by atoms with Crippen molar-refractivity contribution in [1.29, 1.82) is 0 Å². The summed E-state index contributed by atoms with van der Waals surface area (Å²) in [6, 6.07) is 6.99. The Morgan fingerprint density at radius 2 is 1.79 bits per heavy atom. The number of hydrogen-bond acceptors (Lipinski definition) is 4. The van der Waals surface area contributed by atoms with E-state index < -0.39 is 10.0 Å². The van der Waals surface area contributed by atoms with Crippen LogP contribution in [0.25, 0.3) is 0 Å². The highest BCUT2D eigenvalue weighted by Gasteiger charge is 2.28. The maximum atomic E-state index is 12.3. The summed E-state index contributed by atoms with van der Waals surface area (Å²) in [7, 11) is -3.42. The van der Waals surface area contributed by atoms with Crippen LogP contribution in [0.3, 0.4) is 0 Å². The van der Waals surface area contributed by atoms with Gasteiger partial charge in [0, 0.05) is 25.7 Å². The van der Waals surface area contributed by atoms with Crippen LogP contribution in [-0.4, -0.2) is 45.2 Å². The van der Waals surface area contributed by atoms with Gasteiger partial charge in [0.05, 0.1) is 11.4 Å². The fraction of sp³-hybridized carbons (Fsp3) is 0.667. The van der Waals surface area contributed by atoms with E-state index in [2.05, 4.69) is 34.2 Å². The highest BCUT2D eigenvalue weighted by molar-refractivity contribution is 7.89. The van der Waals surface area contributed by atoms with Crippen molar-refractivity contribution in [2.75, 3.05) is 19.7 Å². The van der Waals surface area contributed by atoms with Gasteiger partial charge < -0.3 is 15.7 Å². The summed E-state index contributed by atoms with van der Waals surface area (Å²) in [5.74, 6) is 0.726. The first-order valence-corrected chi connectivity index (χ1v) is 12.1. The predicted molar refractivity (Wildman–Crippen MR) is 117 cm³/mol. The molecule has 0 saturated heterocycles. The molecule has 4 N–H and O–H groups in total. The van der Waals surface area contributed by atoms with Crippen LogP contribution < -0.4 is 15.4 Å². The quantitative estimate of drug-likeness (QED) is 0.305. The molecule has 8 heteroatoms. The third-order valence-corrected chi connectivity index (χ3v) is 7.21. The number of benzene rings is 1. The predicted octanol–water partition coefficient (Wildman–Crippen LogP) is 2.37. The highest BCUT2D eigenvalue weighted by Crippen LogP contribution is 2.29. The SMILES string of the molecule is CCNC(=NCc1ccc(S(=O)(=O)NC2CC2)cc1)NCC(CC)(CC)CCO. The fourth-order valence-corrected chi connectivity index (χ4v) is 4.53. The zero-order valence-electron chi connectivity index (χ0n) is 17.9. The van der Waals surface area contributed by atoms with E-state index in [4.69, 9.17) is 0 Å². The average molecular weight is 425 g/mol. The highest BCUT2D eigenvalue weighted by atomic mass is 32.2. The van der Waals surface area contributed by atoms with E-state index in [1.165, 1.54) is 0 Å². The van der Waals surface area contributed by atoms with Crippen LogP contribution in [0.15, 0.2) is 34.2 Å². The molecule has 0 aliphatic heterocycles. The van der Waals surface area contributed by atoms with Gasteiger partial charge in [-0.05, 0) is 62.1 Å². The number of hydrogen-bond donors (Lipinski definition) is 4. The summed E-state index contributed by atoms with van der Waals surface area (Å²) in [4.78, 5) is 4.93. The van der Waals surface area contributed by atoms with Gasteiger partial charge in [0.1, 0.15) is 0 Å². The smallest absolute Gasteiger partial charge is 0.240 e. The molecule has 0 radical (unpaired) electrons. The van der Waals surface area contributed by atoms with Crippen molar-refractivity contribution in [3.8, 4) is 0 Å². The summed E-state index contributed by atoms with van der Waals surface area (Å²) in [5, 5.41) is 16.1. The molecule has 0 aromatic heterocycles. The van der Waals surface area contributed by atoms with Crippen LogP contribution in [0.1, 0.15) is 58.4 Å². The van der Waals surface area contributed by atoms with E-state index in [1.54, 1.807) is 12.1 Å². The molecule has 0 heterocycles. The Hall–Kier alpha value is -1.64. The molecule has 1 fully saturated rings. The van der Waals surface area contributed by atoms with Gasteiger partial charge in [0.15, 0.2) is 5.96 Å². The lowest BCUT2D eigenvalue weighted by Gasteiger charge is -2.32. The van der Waals surface area contributed by atoms with E-state index in [-0.39, 0.29) is 18.1 Å². The number of aliphatic imine (C=N–C) groups is 1. The van der Waals surface area contributed by atoms with Crippen LogP contribution in [0, 0.1) is 5.41 Å². The number of rotatable bonds is 12. The lowest BCUT2D eigenvalue weighted by Crippen LogP contribution is -2.43. The molecule has 1 aliphatic carbocycles. The van der Waals surface area contributed by atoms with Crippen molar-refractivity contribution >= 4 is 16.0 Å². The minimum Gasteiger partial charge on any atom is -0.396 e. The van der Waals surface area contributed by atoms with Crippen molar-refractivity contribution in [2.24, 2.45) is 10.4 Å². The average Bonchev–Trinajstić information content (AvgIpc) is 3.52. The minimum absolute atomic E-state index is 0.0511. The Morgan fingerprint density at radius 1 is 1.14 bits per heavy atom. The largest absolute Gasteiger partial charge is 0.396 e. The lowest BCUT2D eigenvalue weighted by molar-refractivity contribution is 0.169. The Balaban J connectivity index is 2.00. The standard InChI is InChI=1S/C21H36N4O3S/c1-4-21(5-2,13-14-26)16-24-20(22-6-3)23-15-17-7-11-19(12-8-17)29(27,28)25-18-9-10-18/h7-8,11-12,18,25-26H,4-6,9-10,13-16H2,1-3H3,(H2,22,23,24). The molecule has 0 amide bonds. The number of aliphatic hydroxyl groups excluding tert-OH is 1. The fourth-order valence-electron chi connectivity index (χ4n) is 3.23. The minimum atomic E-state index is -3.42. The van der Waals surface area contributed by atoms with Crippen molar-refractivity contribution in [1.82, 2.24) is 15.4 Å². The number of sulfonamides is 1. The van der Waals surface area contributed by atoms with Crippen molar-refractivity contribution < 1.29 is 13.5 Å². The van der Waals surface area contributed by atoms with Gasteiger partial charge in [-0.3, -0.25) is 0 Å². The Bertz CT molecular complexity index is 755. The lowest BCUT2D eigenvalue weighted by atomic mass is 9.79. The van der Waals surface area contributed by atoms with E-state index in [0.717, 1.165) is 56.7 Å². The summed E-state index contributed by atoms with van der Waals surface area (Å²) in [5.41, 5.74) is 0.996. The van der Waals surface area contributed by atoms with Crippen LogP contribution in [0.2, 0.25) is 0 Å². The van der Waals surface area contributed by atoms with Crippen molar-refractivity contribution in [2.45, 2.75) is 70.4 Å². The molecule has 164 valence electrons. The van der Waals surface area contributed by atoms with Gasteiger partial charge in [-0.2, -0.15) is 0 Å². The zero-order valence-corrected chi connectivity index (χ0v) is 18.7. The van der Waals surface area contributed by atoms with E-state index >= 15 is 0 Å². The van der Waals surface area contributed by atoms with Crippen LogP contribution >= 0.6 is 0 Å². The third kappa shape index (κ3) is 7.28. The third-order valence-electron chi connectivity index (χ3n) is 5.67. The Morgan fingerprint density at radius 3 is 2.31 bits per heavy atom. The Labute approximate surface area is 175 Å². The molecular formula is C21H36N4O3S. The molecule has 29 heavy (non-hydrogen) atoms. The van der Waals surface area contributed by atoms with Crippen LogP contribution in [0.4, 0.5) is 0 Å². The monoisotopic (exact) mass is 424 g/mol. The normalized spacial score (nSPS) is 15.4. The number of aliphatic hydroxyl groups is 1. The maximum absolute atomic E-state index is 12.3. The molecule has 1 aromatic carbocycles. The first-order valence-electron chi connectivity index (χ1n) is 10.6. The van der Waals surface area contributed by atoms with Gasteiger partial charge in [0.25, 0.3) is 0 Å². The van der Waals surface area contributed by atoms with Crippen LogP contribution in [-0.2, 0) is 16.6 Å². The van der Waals surface area contributed by atoms with Gasteiger partial charge in [-0.25, -0.2) is 18.1 Å².